The molecule has 1 aromatic heterocycles. The van der Waals surface area contributed by atoms with E-state index in [4.69, 9.17) is 4.74 Å². The maximum absolute atomic E-state index is 14.0. The van der Waals surface area contributed by atoms with Crippen LogP contribution in [0.25, 0.3) is 0 Å². The molecule has 2 rings (SSSR count). The predicted octanol–water partition coefficient (Wildman–Crippen LogP) is 3.94. The number of nitrogens with zero attached hydrogens (tertiary/aromatic N) is 1. The Morgan fingerprint density at radius 2 is 2.05 bits per heavy atom. The number of hydrogen-bond donors (Lipinski definition) is 1. The third kappa shape index (κ3) is 2.96. The maximum atomic E-state index is 14.0. The maximum Gasteiger partial charge on any atom is 0.168 e. The van der Waals surface area contributed by atoms with E-state index < -0.39 is 11.9 Å². The van der Waals surface area contributed by atoms with Crippen molar-refractivity contribution >= 4 is 0 Å². The number of benzene rings is 1. The number of aliphatic hydroxyl groups is 1. The van der Waals surface area contributed by atoms with Crippen LogP contribution in [-0.4, -0.2) is 10.1 Å². The van der Waals surface area contributed by atoms with Crippen molar-refractivity contribution in [3.63, 3.8) is 0 Å². The van der Waals surface area contributed by atoms with Crippen molar-refractivity contribution in [2.24, 2.45) is 0 Å². The topological polar surface area (TPSA) is 42.4 Å². The Balaban J connectivity index is 2.45. The molecule has 0 bridgehead atoms. The first-order chi connectivity index (χ1) is 9.52. The summed E-state index contributed by atoms with van der Waals surface area (Å²) in [4.78, 5) is 4.38. The lowest BCUT2D eigenvalue weighted by atomic mass is 10.1. The van der Waals surface area contributed by atoms with E-state index in [2.05, 4.69) is 4.98 Å². The number of aromatic nitrogens is 1. The molecular weight excluding hydrogens is 257 g/mol. The van der Waals surface area contributed by atoms with Gasteiger partial charge >= 0.3 is 0 Å². The van der Waals surface area contributed by atoms with Gasteiger partial charge in [-0.05, 0) is 38.5 Å². The molecule has 0 amide bonds. The molecule has 106 valence electrons. The van der Waals surface area contributed by atoms with E-state index in [1.807, 2.05) is 19.9 Å². The molecule has 3 nitrogen and oxygen atoms in total. The highest BCUT2D eigenvalue weighted by Gasteiger charge is 2.16. The average molecular weight is 275 g/mol. The van der Waals surface area contributed by atoms with Crippen molar-refractivity contribution in [1.29, 1.82) is 0 Å². The van der Waals surface area contributed by atoms with Crippen LogP contribution in [0.15, 0.2) is 30.3 Å². The Morgan fingerprint density at radius 1 is 1.30 bits per heavy atom. The summed E-state index contributed by atoms with van der Waals surface area (Å²) in [5, 5.41) is 9.72. The number of hydrogen-bond acceptors (Lipinski definition) is 3. The van der Waals surface area contributed by atoms with E-state index in [9.17, 15) is 9.50 Å². The SMILES string of the molecule is CCc1nc(C)ccc1Oc1c(F)cccc1[C@@H](C)O. The van der Waals surface area contributed by atoms with Crippen LogP contribution in [-0.2, 0) is 6.42 Å². The Morgan fingerprint density at radius 3 is 2.70 bits per heavy atom. The van der Waals surface area contributed by atoms with E-state index in [-0.39, 0.29) is 5.75 Å². The second-order valence-electron chi connectivity index (χ2n) is 4.69. The predicted molar refractivity (Wildman–Crippen MR) is 75.5 cm³/mol. The van der Waals surface area contributed by atoms with Gasteiger partial charge in [-0.25, -0.2) is 4.39 Å². The Labute approximate surface area is 118 Å². The van der Waals surface area contributed by atoms with Gasteiger partial charge in [-0.2, -0.15) is 0 Å². The summed E-state index contributed by atoms with van der Waals surface area (Å²) in [6.45, 7) is 5.44. The summed E-state index contributed by atoms with van der Waals surface area (Å²) in [7, 11) is 0. The fourth-order valence-corrected chi connectivity index (χ4v) is 2.02. The number of ether oxygens (including phenoxy) is 1. The molecule has 1 N–H and O–H groups in total. The Kier molecular flexibility index (Phi) is 4.35. The quantitative estimate of drug-likeness (QED) is 0.919. The highest BCUT2D eigenvalue weighted by atomic mass is 19.1. The van der Waals surface area contributed by atoms with Crippen LogP contribution >= 0.6 is 0 Å². The summed E-state index contributed by atoms with van der Waals surface area (Å²) < 4.78 is 19.6. The van der Waals surface area contributed by atoms with Crippen LogP contribution < -0.4 is 4.74 Å². The van der Waals surface area contributed by atoms with E-state index in [0.717, 1.165) is 11.4 Å². The van der Waals surface area contributed by atoms with Gasteiger partial charge in [0.2, 0.25) is 0 Å². The Hall–Kier alpha value is -1.94. The molecule has 1 aromatic carbocycles. The van der Waals surface area contributed by atoms with Crippen molar-refractivity contribution in [2.75, 3.05) is 0 Å². The molecule has 0 aliphatic heterocycles. The first-order valence-corrected chi connectivity index (χ1v) is 6.63. The average Bonchev–Trinajstić information content (AvgIpc) is 2.42. The number of halogens is 1. The van der Waals surface area contributed by atoms with Crippen molar-refractivity contribution in [2.45, 2.75) is 33.3 Å². The molecular formula is C16H18FNO2. The second-order valence-corrected chi connectivity index (χ2v) is 4.69. The highest BCUT2D eigenvalue weighted by Crippen LogP contribution is 2.33. The summed E-state index contributed by atoms with van der Waals surface area (Å²) in [5.74, 6) is 0.0824. The number of rotatable bonds is 4. The molecule has 0 fully saturated rings. The first-order valence-electron chi connectivity index (χ1n) is 6.63. The number of para-hydroxylation sites is 1. The van der Waals surface area contributed by atoms with Gasteiger partial charge in [-0.1, -0.05) is 19.1 Å². The molecule has 0 aliphatic carbocycles. The number of aryl methyl sites for hydroxylation is 2. The minimum absolute atomic E-state index is 0.0582. The smallest absolute Gasteiger partial charge is 0.168 e. The van der Waals surface area contributed by atoms with Crippen LogP contribution in [0.4, 0.5) is 4.39 Å². The normalized spacial score (nSPS) is 12.2. The largest absolute Gasteiger partial charge is 0.452 e. The van der Waals surface area contributed by atoms with Crippen molar-refractivity contribution < 1.29 is 14.2 Å². The van der Waals surface area contributed by atoms with Crippen LogP contribution in [0, 0.1) is 12.7 Å². The van der Waals surface area contributed by atoms with Gasteiger partial charge in [0.15, 0.2) is 11.6 Å². The molecule has 4 heteroatoms. The lowest BCUT2D eigenvalue weighted by Crippen LogP contribution is -2.01. The van der Waals surface area contributed by atoms with Gasteiger partial charge in [0, 0.05) is 11.3 Å². The van der Waals surface area contributed by atoms with Crippen LogP contribution in [0.5, 0.6) is 11.5 Å². The zero-order valence-corrected chi connectivity index (χ0v) is 11.9. The van der Waals surface area contributed by atoms with Crippen LogP contribution in [0.2, 0.25) is 0 Å². The molecule has 0 saturated heterocycles. The fraction of sp³-hybridized carbons (Fsp3) is 0.312. The second kappa shape index (κ2) is 6.01. The van der Waals surface area contributed by atoms with Crippen LogP contribution in [0.1, 0.15) is 36.9 Å². The molecule has 0 unspecified atom stereocenters. The lowest BCUT2D eigenvalue weighted by molar-refractivity contribution is 0.194. The van der Waals surface area contributed by atoms with E-state index >= 15 is 0 Å². The molecule has 20 heavy (non-hydrogen) atoms. The molecule has 2 aromatic rings. The van der Waals surface area contributed by atoms with E-state index in [1.54, 1.807) is 25.1 Å². The fourth-order valence-electron chi connectivity index (χ4n) is 2.02. The molecule has 0 saturated carbocycles. The highest BCUT2D eigenvalue weighted by molar-refractivity contribution is 5.41. The third-order valence-electron chi connectivity index (χ3n) is 3.07. The van der Waals surface area contributed by atoms with Crippen molar-refractivity contribution in [1.82, 2.24) is 4.98 Å². The van der Waals surface area contributed by atoms with Gasteiger partial charge in [-0.15, -0.1) is 0 Å². The summed E-state index contributed by atoms with van der Waals surface area (Å²) >= 11 is 0. The first kappa shape index (κ1) is 14.5. The summed E-state index contributed by atoms with van der Waals surface area (Å²) in [6, 6.07) is 8.11. The van der Waals surface area contributed by atoms with E-state index in [1.165, 1.54) is 6.07 Å². The van der Waals surface area contributed by atoms with E-state index in [0.29, 0.717) is 17.7 Å². The minimum atomic E-state index is -0.802. The summed E-state index contributed by atoms with van der Waals surface area (Å²) in [5.41, 5.74) is 2.08. The van der Waals surface area contributed by atoms with Crippen molar-refractivity contribution in [3.8, 4) is 11.5 Å². The monoisotopic (exact) mass is 275 g/mol. The van der Waals surface area contributed by atoms with Gasteiger partial charge < -0.3 is 9.84 Å². The lowest BCUT2D eigenvalue weighted by Gasteiger charge is -2.15. The number of pyridine rings is 1. The van der Waals surface area contributed by atoms with Crippen LogP contribution in [0.3, 0.4) is 0 Å². The zero-order valence-electron chi connectivity index (χ0n) is 11.9. The number of aliphatic hydroxyl groups excluding tert-OH is 1. The van der Waals surface area contributed by atoms with Gasteiger partial charge in [0.25, 0.3) is 0 Å². The third-order valence-corrected chi connectivity index (χ3v) is 3.07. The minimum Gasteiger partial charge on any atom is -0.452 e. The molecule has 0 aliphatic rings. The molecule has 1 heterocycles. The zero-order chi connectivity index (χ0) is 14.7. The van der Waals surface area contributed by atoms with Gasteiger partial charge in [0.05, 0.1) is 11.8 Å². The molecule has 1 atom stereocenters. The summed E-state index contributed by atoms with van der Waals surface area (Å²) in [6.07, 6.45) is -0.112. The van der Waals surface area contributed by atoms with Gasteiger partial charge in [0.1, 0.15) is 5.75 Å². The molecule has 0 radical (unpaired) electrons. The molecule has 0 spiro atoms. The van der Waals surface area contributed by atoms with Gasteiger partial charge in [-0.3, -0.25) is 4.98 Å². The standard InChI is InChI=1S/C16H18FNO2/c1-4-14-15(9-8-10(2)18-14)20-16-12(11(3)19)6-5-7-13(16)17/h5-9,11,19H,4H2,1-3H3/t11-/m1/s1. The van der Waals surface area contributed by atoms with Crippen molar-refractivity contribution in [3.05, 3.63) is 53.1 Å². The Bertz CT molecular complexity index is 611.